The fraction of sp³-hybridized carbons (Fsp3) is 0.400. The molecule has 2 aromatic rings. The number of carbonyl (C=O) groups excluding carboxylic acids is 1. The maximum Gasteiger partial charge on any atom is 0.238 e. The normalized spacial score (nSPS) is 12.6. The van der Waals surface area contributed by atoms with Crippen molar-refractivity contribution >= 4 is 22.0 Å². The molecule has 2 N–H and O–H groups in total. The fourth-order valence-corrected chi connectivity index (χ4v) is 4.01. The number of benzene rings is 2. The third kappa shape index (κ3) is 8.90. The molecule has 180 valence electrons. The van der Waals surface area contributed by atoms with Crippen LogP contribution in [0.15, 0.2) is 54.6 Å². The molecule has 0 aliphatic heterocycles. The molecule has 0 aliphatic rings. The highest BCUT2D eigenvalue weighted by atomic mass is 32.2. The lowest BCUT2D eigenvalue weighted by atomic mass is 10.0. The molecule has 1 unspecified atom stereocenters. The van der Waals surface area contributed by atoms with E-state index in [1.807, 2.05) is 60.7 Å². The second kappa shape index (κ2) is 13.0. The average Bonchev–Trinajstić information content (AvgIpc) is 2.81. The number of hydrogen-bond acceptors (Lipinski definition) is 5. The van der Waals surface area contributed by atoms with Crippen molar-refractivity contribution in [3.05, 3.63) is 65.7 Å². The Kier molecular flexibility index (Phi) is 10.4. The van der Waals surface area contributed by atoms with Crippen LogP contribution in [0, 0.1) is 5.92 Å². The van der Waals surface area contributed by atoms with E-state index in [0.29, 0.717) is 31.1 Å². The summed E-state index contributed by atoms with van der Waals surface area (Å²) >= 11 is 0. The third-order valence-electron chi connectivity index (χ3n) is 5.02. The summed E-state index contributed by atoms with van der Waals surface area (Å²) in [7, 11) is -1.89. The van der Waals surface area contributed by atoms with Crippen molar-refractivity contribution < 1.29 is 22.7 Å². The molecule has 33 heavy (non-hydrogen) atoms. The second-order valence-corrected chi connectivity index (χ2v) is 9.94. The van der Waals surface area contributed by atoms with Crippen molar-refractivity contribution in [1.82, 2.24) is 10.0 Å². The number of amides is 1. The van der Waals surface area contributed by atoms with E-state index in [1.165, 1.54) is 6.92 Å². The van der Waals surface area contributed by atoms with Gasteiger partial charge in [-0.05, 0) is 48.6 Å². The standard InChI is InChI=1S/C25H34N2O5S/c1-5-33(29,30)27-24(19(2)3)25(28)26-16-15-21-13-14-22(23(18-21)31-4)32-17-9-12-20-10-7-6-8-11-20/h6-14,18-19,24,27H,5,15-17H2,1-4H3,(H,26,28)/b12-9+. The smallest absolute Gasteiger partial charge is 0.238 e. The lowest BCUT2D eigenvalue weighted by Crippen LogP contribution is -2.50. The van der Waals surface area contributed by atoms with Gasteiger partial charge in [-0.25, -0.2) is 13.1 Å². The molecule has 0 bridgehead atoms. The first-order chi connectivity index (χ1) is 15.8. The first-order valence-corrected chi connectivity index (χ1v) is 12.7. The number of hydrogen-bond donors (Lipinski definition) is 2. The number of rotatable bonds is 13. The van der Waals surface area contributed by atoms with Crippen LogP contribution in [0.4, 0.5) is 0 Å². The fourth-order valence-electron chi connectivity index (χ4n) is 3.08. The number of sulfonamides is 1. The van der Waals surface area contributed by atoms with Gasteiger partial charge in [-0.1, -0.05) is 56.3 Å². The molecule has 0 spiro atoms. The molecule has 0 heterocycles. The molecule has 0 saturated heterocycles. The van der Waals surface area contributed by atoms with Crippen molar-refractivity contribution in [2.45, 2.75) is 33.2 Å². The highest BCUT2D eigenvalue weighted by molar-refractivity contribution is 7.89. The summed E-state index contributed by atoms with van der Waals surface area (Å²) in [5.41, 5.74) is 2.07. The van der Waals surface area contributed by atoms with Gasteiger partial charge < -0.3 is 14.8 Å². The van der Waals surface area contributed by atoms with Crippen molar-refractivity contribution in [3.8, 4) is 11.5 Å². The zero-order valence-corrected chi connectivity index (χ0v) is 20.5. The predicted molar refractivity (Wildman–Crippen MR) is 132 cm³/mol. The summed E-state index contributed by atoms with van der Waals surface area (Å²) in [6, 6.07) is 14.8. The van der Waals surface area contributed by atoms with Crippen LogP contribution in [-0.2, 0) is 21.2 Å². The summed E-state index contributed by atoms with van der Waals surface area (Å²) in [4.78, 5) is 12.5. The molecule has 1 amide bonds. The maximum absolute atomic E-state index is 12.5. The molecule has 0 aliphatic carbocycles. The van der Waals surface area contributed by atoms with Crippen molar-refractivity contribution in [1.29, 1.82) is 0 Å². The Hall–Kier alpha value is -2.84. The molecule has 0 fully saturated rings. The van der Waals surface area contributed by atoms with Crippen LogP contribution in [0.3, 0.4) is 0 Å². The van der Waals surface area contributed by atoms with Crippen molar-refractivity contribution in [2.75, 3.05) is 26.0 Å². The predicted octanol–water partition coefficient (Wildman–Crippen LogP) is 3.41. The minimum absolute atomic E-state index is 0.0697. The molecule has 2 aromatic carbocycles. The molecule has 1 atom stereocenters. The molecule has 2 rings (SSSR count). The van der Waals surface area contributed by atoms with E-state index in [-0.39, 0.29) is 17.6 Å². The lowest BCUT2D eigenvalue weighted by molar-refractivity contribution is -0.123. The summed E-state index contributed by atoms with van der Waals surface area (Å²) in [5.74, 6) is 0.678. The van der Waals surface area contributed by atoms with E-state index in [2.05, 4.69) is 10.0 Å². The van der Waals surface area contributed by atoms with E-state index in [9.17, 15) is 13.2 Å². The molecule has 0 saturated carbocycles. The van der Waals surface area contributed by atoms with Crippen LogP contribution in [0.5, 0.6) is 11.5 Å². The Labute approximate surface area is 197 Å². The van der Waals surface area contributed by atoms with E-state index in [1.54, 1.807) is 21.0 Å². The van der Waals surface area contributed by atoms with Crippen LogP contribution >= 0.6 is 0 Å². The first kappa shape index (κ1) is 26.4. The summed E-state index contributed by atoms with van der Waals surface area (Å²) in [6.45, 7) is 5.93. The summed E-state index contributed by atoms with van der Waals surface area (Å²) < 4.78 is 37.5. The van der Waals surface area contributed by atoms with E-state index >= 15 is 0 Å². The molecule has 7 nitrogen and oxygen atoms in total. The monoisotopic (exact) mass is 474 g/mol. The summed E-state index contributed by atoms with van der Waals surface area (Å²) in [5, 5.41) is 2.82. The van der Waals surface area contributed by atoms with Crippen LogP contribution in [0.2, 0.25) is 0 Å². The van der Waals surface area contributed by atoms with Crippen molar-refractivity contribution in [3.63, 3.8) is 0 Å². The number of ether oxygens (including phenoxy) is 2. The number of methoxy groups -OCH3 is 1. The average molecular weight is 475 g/mol. The minimum atomic E-state index is -3.47. The topological polar surface area (TPSA) is 93.7 Å². The Morgan fingerprint density at radius 2 is 1.82 bits per heavy atom. The molecular weight excluding hydrogens is 440 g/mol. The van der Waals surface area contributed by atoms with Crippen LogP contribution in [0.1, 0.15) is 31.9 Å². The van der Waals surface area contributed by atoms with Gasteiger partial charge in [0.05, 0.1) is 12.9 Å². The van der Waals surface area contributed by atoms with Gasteiger partial charge in [0.1, 0.15) is 12.6 Å². The zero-order valence-electron chi connectivity index (χ0n) is 19.7. The van der Waals surface area contributed by atoms with E-state index in [4.69, 9.17) is 9.47 Å². The lowest BCUT2D eigenvalue weighted by Gasteiger charge is -2.21. The molecule has 0 aromatic heterocycles. The quantitative estimate of drug-likeness (QED) is 0.464. The van der Waals surface area contributed by atoms with Gasteiger partial charge in [-0.2, -0.15) is 0 Å². The Bertz CT molecular complexity index is 1020. The third-order valence-corrected chi connectivity index (χ3v) is 6.39. The van der Waals surface area contributed by atoms with Gasteiger partial charge in [0, 0.05) is 6.54 Å². The van der Waals surface area contributed by atoms with Crippen LogP contribution < -0.4 is 19.5 Å². The first-order valence-electron chi connectivity index (χ1n) is 11.0. The molecular formula is C25H34N2O5S. The Morgan fingerprint density at radius 3 is 2.45 bits per heavy atom. The van der Waals surface area contributed by atoms with Crippen LogP contribution in [-0.4, -0.2) is 46.4 Å². The van der Waals surface area contributed by atoms with E-state index in [0.717, 1.165) is 11.1 Å². The highest BCUT2D eigenvalue weighted by Gasteiger charge is 2.26. The van der Waals surface area contributed by atoms with Gasteiger partial charge in [0.25, 0.3) is 0 Å². The van der Waals surface area contributed by atoms with Gasteiger partial charge in [0.2, 0.25) is 15.9 Å². The Balaban J connectivity index is 1.89. The van der Waals surface area contributed by atoms with Gasteiger partial charge >= 0.3 is 0 Å². The largest absolute Gasteiger partial charge is 0.493 e. The zero-order chi connectivity index (χ0) is 24.3. The van der Waals surface area contributed by atoms with Gasteiger partial charge in [-0.3, -0.25) is 4.79 Å². The second-order valence-electron chi connectivity index (χ2n) is 7.89. The van der Waals surface area contributed by atoms with Gasteiger partial charge in [0.15, 0.2) is 11.5 Å². The van der Waals surface area contributed by atoms with Crippen LogP contribution in [0.25, 0.3) is 6.08 Å². The van der Waals surface area contributed by atoms with Crippen molar-refractivity contribution in [2.24, 2.45) is 5.92 Å². The molecule has 8 heteroatoms. The number of carbonyl (C=O) groups is 1. The summed E-state index contributed by atoms with van der Waals surface area (Å²) in [6.07, 6.45) is 4.51. The molecule has 0 radical (unpaired) electrons. The van der Waals surface area contributed by atoms with Gasteiger partial charge in [-0.15, -0.1) is 0 Å². The Morgan fingerprint density at radius 1 is 1.09 bits per heavy atom. The van der Waals surface area contributed by atoms with E-state index < -0.39 is 16.1 Å². The highest BCUT2D eigenvalue weighted by Crippen LogP contribution is 2.28. The SMILES string of the molecule is CCS(=O)(=O)NC(C(=O)NCCc1ccc(OC/C=C/c2ccccc2)c(OC)c1)C(C)C. The number of nitrogens with one attached hydrogen (secondary N) is 2. The maximum atomic E-state index is 12.5. The minimum Gasteiger partial charge on any atom is -0.493 e.